The van der Waals surface area contributed by atoms with E-state index in [1.54, 1.807) is 25.3 Å². The van der Waals surface area contributed by atoms with Crippen molar-refractivity contribution in [2.75, 3.05) is 0 Å². The van der Waals surface area contributed by atoms with E-state index in [0.29, 0.717) is 27.4 Å². The maximum atomic E-state index is 12.6. The summed E-state index contributed by atoms with van der Waals surface area (Å²) in [4.78, 5) is 39.6. The minimum atomic E-state index is -1.48. The molecule has 0 unspecified atom stereocenters. The maximum absolute atomic E-state index is 12.6. The Hall–Kier alpha value is -4.27. The number of carbonyl (C=O) groups excluding carboxylic acids is 2. The first kappa shape index (κ1) is 21.0. The minimum absolute atomic E-state index is 0.0270. The summed E-state index contributed by atoms with van der Waals surface area (Å²) in [5, 5.41) is 34.5. The van der Waals surface area contributed by atoms with E-state index in [4.69, 9.17) is 4.42 Å². The molecule has 164 valence electrons. The van der Waals surface area contributed by atoms with Crippen molar-refractivity contribution in [2.24, 2.45) is 0 Å². The molecular formula is C23H19N2O7-. The Morgan fingerprint density at radius 3 is 2.59 bits per heavy atom. The number of carboxylic acids is 1. The maximum Gasteiger partial charge on any atom is 0.340 e. The lowest BCUT2D eigenvalue weighted by Crippen LogP contribution is -2.49. The Labute approximate surface area is 180 Å². The summed E-state index contributed by atoms with van der Waals surface area (Å²) in [5.74, 6) is -2.20. The van der Waals surface area contributed by atoms with E-state index >= 15 is 0 Å². The van der Waals surface area contributed by atoms with E-state index in [1.165, 1.54) is 24.3 Å². The molecule has 4 aromatic rings. The topological polar surface area (TPSA) is 156 Å². The number of aryl methyl sites for hydroxylation is 1. The molecule has 2 heterocycles. The Morgan fingerprint density at radius 2 is 1.84 bits per heavy atom. The van der Waals surface area contributed by atoms with Gasteiger partial charge in [0.1, 0.15) is 17.1 Å². The van der Waals surface area contributed by atoms with Crippen molar-refractivity contribution < 1.29 is 29.3 Å². The number of nitrogens with one attached hydrogen (secondary N) is 2. The molecule has 2 aromatic carbocycles. The van der Waals surface area contributed by atoms with Gasteiger partial charge in [-0.2, -0.15) is 0 Å². The van der Waals surface area contributed by atoms with E-state index in [2.05, 4.69) is 10.3 Å². The van der Waals surface area contributed by atoms with Crippen molar-refractivity contribution in [3.8, 4) is 11.5 Å². The zero-order valence-corrected chi connectivity index (χ0v) is 17.0. The number of fused-ring (bicyclic) bond motifs is 2. The van der Waals surface area contributed by atoms with Gasteiger partial charge in [0, 0.05) is 35.0 Å². The molecule has 4 N–H and O–H groups in total. The van der Waals surface area contributed by atoms with E-state index in [9.17, 15) is 29.7 Å². The number of rotatable bonds is 6. The first-order chi connectivity index (χ1) is 15.2. The molecule has 0 saturated carbocycles. The Morgan fingerprint density at radius 1 is 1.12 bits per heavy atom. The molecule has 0 aliphatic carbocycles. The molecular weight excluding hydrogens is 416 g/mol. The van der Waals surface area contributed by atoms with Crippen molar-refractivity contribution in [1.29, 1.82) is 0 Å². The number of hydrogen-bond donors (Lipinski definition) is 4. The molecule has 0 bridgehead atoms. The van der Waals surface area contributed by atoms with Crippen LogP contribution in [0.1, 0.15) is 16.7 Å². The van der Waals surface area contributed by atoms with Crippen LogP contribution in [0.25, 0.3) is 21.9 Å². The molecule has 2 aromatic heterocycles. The second-order valence-corrected chi connectivity index (χ2v) is 7.54. The molecule has 9 nitrogen and oxygen atoms in total. The number of carbonyl (C=O) groups is 2. The van der Waals surface area contributed by atoms with Gasteiger partial charge < -0.3 is 34.8 Å². The third-order valence-corrected chi connectivity index (χ3v) is 5.40. The van der Waals surface area contributed by atoms with Gasteiger partial charge in [-0.3, -0.25) is 4.79 Å². The Kier molecular flexibility index (Phi) is 5.31. The van der Waals surface area contributed by atoms with Crippen LogP contribution in [0.2, 0.25) is 0 Å². The average Bonchev–Trinajstić information content (AvgIpc) is 3.12. The number of aromatic amines is 1. The molecule has 0 aliphatic heterocycles. The average molecular weight is 435 g/mol. The van der Waals surface area contributed by atoms with Crippen molar-refractivity contribution in [3.63, 3.8) is 0 Å². The first-order valence-corrected chi connectivity index (χ1v) is 9.77. The number of phenols is 2. The van der Waals surface area contributed by atoms with Gasteiger partial charge in [0.2, 0.25) is 5.91 Å². The predicted octanol–water partition coefficient (Wildman–Crippen LogP) is 1.01. The number of carboxylic acid groups (broad SMARTS) is 1. The summed E-state index contributed by atoms with van der Waals surface area (Å²) in [7, 11) is 0. The summed E-state index contributed by atoms with van der Waals surface area (Å²) in [6.07, 6.45) is 1.13. The molecule has 0 fully saturated rings. The van der Waals surface area contributed by atoms with Crippen LogP contribution >= 0.6 is 0 Å². The number of H-pyrrole nitrogens is 1. The summed E-state index contributed by atoms with van der Waals surface area (Å²) in [5.41, 5.74) is 1.32. The van der Waals surface area contributed by atoms with Gasteiger partial charge in [-0.25, -0.2) is 4.79 Å². The lowest BCUT2D eigenvalue weighted by atomic mass is 10.0. The van der Waals surface area contributed by atoms with Crippen LogP contribution in [0.4, 0.5) is 0 Å². The van der Waals surface area contributed by atoms with Crippen LogP contribution in [0.15, 0.2) is 51.8 Å². The van der Waals surface area contributed by atoms with E-state index in [-0.39, 0.29) is 35.5 Å². The number of hydrogen-bond acceptors (Lipinski definition) is 7. The van der Waals surface area contributed by atoms with Crippen LogP contribution < -0.4 is 16.0 Å². The standard InChI is InChI=1S/C23H20N2O7/c1-11-15-4-2-14(27)8-20(15)32-23(31)16(11)9-21(28)25-19(22(29)30)6-12-10-24-18-5-3-13(26)7-17(12)18/h2-5,7-8,10,19,24,26-27H,6,9H2,1H3,(H,25,28)(H,29,30)/p-1/t19-/m0/s1. The highest BCUT2D eigenvalue weighted by Crippen LogP contribution is 2.25. The fraction of sp³-hybridized carbons (Fsp3) is 0.174. The van der Waals surface area contributed by atoms with Crippen LogP contribution in [-0.4, -0.2) is 33.1 Å². The Balaban J connectivity index is 1.56. The largest absolute Gasteiger partial charge is 0.548 e. The number of phenolic OH excluding ortho intramolecular Hbond substituents is 2. The lowest BCUT2D eigenvalue weighted by Gasteiger charge is -2.20. The SMILES string of the molecule is Cc1c(CC(=O)N[C@@H](Cc2c[nH]c3ccc(O)cc23)C(=O)[O-])c(=O)oc2cc(O)ccc12. The smallest absolute Gasteiger partial charge is 0.340 e. The van der Waals surface area contributed by atoms with Crippen molar-refractivity contribution in [2.45, 2.75) is 25.8 Å². The fourth-order valence-corrected chi connectivity index (χ4v) is 3.74. The Bertz CT molecular complexity index is 1420. The summed E-state index contributed by atoms with van der Waals surface area (Å²) in [6, 6.07) is 7.61. The monoisotopic (exact) mass is 435 g/mol. The molecule has 1 amide bonds. The molecule has 0 aliphatic rings. The van der Waals surface area contributed by atoms with Gasteiger partial charge in [-0.05, 0) is 48.4 Å². The predicted molar refractivity (Wildman–Crippen MR) is 113 cm³/mol. The highest BCUT2D eigenvalue weighted by Gasteiger charge is 2.20. The summed E-state index contributed by atoms with van der Waals surface area (Å²) < 4.78 is 5.20. The van der Waals surface area contributed by atoms with Gasteiger partial charge in [-0.15, -0.1) is 0 Å². The molecule has 4 rings (SSSR count). The van der Waals surface area contributed by atoms with Gasteiger partial charge >= 0.3 is 5.63 Å². The van der Waals surface area contributed by atoms with E-state index < -0.39 is 23.5 Å². The molecule has 1 atom stereocenters. The number of aromatic hydroxyl groups is 2. The third kappa shape index (κ3) is 4.00. The van der Waals surface area contributed by atoms with Crippen molar-refractivity contribution in [3.05, 3.63) is 69.7 Å². The number of amides is 1. The second kappa shape index (κ2) is 8.10. The normalized spacial score (nSPS) is 12.2. The number of benzene rings is 2. The first-order valence-electron chi connectivity index (χ1n) is 9.77. The molecule has 0 spiro atoms. The summed E-state index contributed by atoms with van der Waals surface area (Å²) in [6.45, 7) is 1.65. The number of aliphatic carboxylic acids is 1. The molecule has 0 radical (unpaired) electrons. The van der Waals surface area contributed by atoms with Gasteiger partial charge in [-0.1, -0.05) is 0 Å². The van der Waals surface area contributed by atoms with E-state index in [1.807, 2.05) is 0 Å². The van der Waals surface area contributed by atoms with E-state index in [0.717, 1.165) is 0 Å². The minimum Gasteiger partial charge on any atom is -0.548 e. The van der Waals surface area contributed by atoms with Crippen LogP contribution in [0.5, 0.6) is 11.5 Å². The lowest BCUT2D eigenvalue weighted by molar-refractivity contribution is -0.308. The highest BCUT2D eigenvalue weighted by molar-refractivity contribution is 5.89. The second-order valence-electron chi connectivity index (χ2n) is 7.54. The van der Waals surface area contributed by atoms with Gasteiger partial charge in [0.25, 0.3) is 0 Å². The van der Waals surface area contributed by atoms with Gasteiger partial charge in [0.05, 0.1) is 24.0 Å². The van der Waals surface area contributed by atoms with Crippen LogP contribution in [0.3, 0.4) is 0 Å². The van der Waals surface area contributed by atoms with Crippen LogP contribution in [0, 0.1) is 6.92 Å². The highest BCUT2D eigenvalue weighted by atomic mass is 16.4. The van der Waals surface area contributed by atoms with Crippen molar-refractivity contribution >= 4 is 33.7 Å². The van der Waals surface area contributed by atoms with Gasteiger partial charge in [0.15, 0.2) is 0 Å². The fourth-order valence-electron chi connectivity index (χ4n) is 3.74. The van der Waals surface area contributed by atoms with Crippen molar-refractivity contribution in [1.82, 2.24) is 10.3 Å². The van der Waals surface area contributed by atoms with Crippen LogP contribution in [-0.2, 0) is 22.4 Å². The zero-order chi connectivity index (χ0) is 23.0. The summed E-state index contributed by atoms with van der Waals surface area (Å²) >= 11 is 0. The molecule has 0 saturated heterocycles. The quantitative estimate of drug-likeness (QED) is 0.329. The molecule has 32 heavy (non-hydrogen) atoms. The molecule has 9 heteroatoms. The zero-order valence-electron chi connectivity index (χ0n) is 17.0. The third-order valence-electron chi connectivity index (χ3n) is 5.40. The number of aromatic nitrogens is 1.